The van der Waals surface area contributed by atoms with Crippen molar-refractivity contribution in [2.75, 3.05) is 26.2 Å². The molecule has 2 aromatic rings. The SMILES string of the molecule is CC1CC1c1ccc(/C=C/C(=O)N2CCN(S(=O)(=O)c3ccc(F)cc3F)CC2)o1. The Kier molecular flexibility index (Phi) is 5.50. The second kappa shape index (κ2) is 7.96. The molecule has 2 fully saturated rings. The molecule has 30 heavy (non-hydrogen) atoms. The number of carbonyl (C=O) groups is 1. The Labute approximate surface area is 173 Å². The van der Waals surface area contributed by atoms with E-state index >= 15 is 0 Å². The van der Waals surface area contributed by atoms with Crippen LogP contribution in [0, 0.1) is 17.6 Å². The summed E-state index contributed by atoms with van der Waals surface area (Å²) in [4.78, 5) is 13.4. The molecule has 9 heteroatoms. The first kappa shape index (κ1) is 20.7. The van der Waals surface area contributed by atoms with Gasteiger partial charge in [0.1, 0.15) is 28.1 Å². The van der Waals surface area contributed by atoms with Gasteiger partial charge in [-0.15, -0.1) is 0 Å². The Hall–Kier alpha value is -2.52. The molecule has 0 radical (unpaired) electrons. The van der Waals surface area contributed by atoms with E-state index in [0.717, 1.165) is 28.6 Å². The number of hydrogen-bond acceptors (Lipinski definition) is 4. The second-order valence-corrected chi connectivity index (χ2v) is 9.60. The summed E-state index contributed by atoms with van der Waals surface area (Å²) < 4.78 is 59.1. The normalized spacial score (nSPS) is 22.6. The van der Waals surface area contributed by atoms with E-state index in [4.69, 9.17) is 4.42 Å². The summed E-state index contributed by atoms with van der Waals surface area (Å²) in [6.07, 6.45) is 4.13. The van der Waals surface area contributed by atoms with Crippen molar-refractivity contribution in [3.63, 3.8) is 0 Å². The molecule has 1 aliphatic carbocycles. The van der Waals surface area contributed by atoms with Gasteiger partial charge in [0.15, 0.2) is 0 Å². The number of benzene rings is 1. The van der Waals surface area contributed by atoms with Crippen LogP contribution in [0.1, 0.15) is 30.8 Å². The maximum Gasteiger partial charge on any atom is 0.246 e. The zero-order valence-corrected chi connectivity index (χ0v) is 17.2. The third-order valence-corrected chi connectivity index (χ3v) is 7.51. The van der Waals surface area contributed by atoms with Crippen molar-refractivity contribution < 1.29 is 26.4 Å². The van der Waals surface area contributed by atoms with Crippen molar-refractivity contribution in [3.05, 3.63) is 59.6 Å². The molecule has 6 nitrogen and oxygen atoms in total. The maximum absolute atomic E-state index is 13.9. The minimum Gasteiger partial charge on any atom is -0.461 e. The molecule has 1 aromatic heterocycles. The highest BCUT2D eigenvalue weighted by Crippen LogP contribution is 2.47. The van der Waals surface area contributed by atoms with E-state index in [1.165, 1.54) is 11.0 Å². The maximum atomic E-state index is 13.9. The average molecular weight is 436 g/mol. The van der Waals surface area contributed by atoms with E-state index in [2.05, 4.69) is 6.92 Å². The lowest BCUT2D eigenvalue weighted by atomic mass is 10.3. The number of nitrogens with zero attached hydrogens (tertiary/aromatic N) is 2. The highest BCUT2D eigenvalue weighted by atomic mass is 32.2. The van der Waals surface area contributed by atoms with E-state index in [1.54, 1.807) is 6.08 Å². The molecule has 4 rings (SSSR count). The van der Waals surface area contributed by atoms with Crippen molar-refractivity contribution in [1.82, 2.24) is 9.21 Å². The van der Waals surface area contributed by atoms with E-state index in [9.17, 15) is 22.0 Å². The Morgan fingerprint density at radius 2 is 1.83 bits per heavy atom. The first-order chi connectivity index (χ1) is 14.3. The fourth-order valence-electron chi connectivity index (χ4n) is 3.61. The van der Waals surface area contributed by atoms with E-state index in [0.29, 0.717) is 23.7 Å². The van der Waals surface area contributed by atoms with Crippen LogP contribution in [0.5, 0.6) is 0 Å². The van der Waals surface area contributed by atoms with Crippen molar-refractivity contribution in [1.29, 1.82) is 0 Å². The Morgan fingerprint density at radius 3 is 2.47 bits per heavy atom. The molecule has 0 spiro atoms. The minimum absolute atomic E-state index is 0.0310. The van der Waals surface area contributed by atoms with Crippen molar-refractivity contribution in [2.45, 2.75) is 24.2 Å². The number of halogens is 2. The van der Waals surface area contributed by atoms with Gasteiger partial charge in [-0.2, -0.15) is 4.31 Å². The quantitative estimate of drug-likeness (QED) is 0.675. The van der Waals surface area contributed by atoms with Gasteiger partial charge in [-0.3, -0.25) is 4.79 Å². The van der Waals surface area contributed by atoms with Crippen LogP contribution in [-0.2, 0) is 14.8 Å². The highest BCUT2D eigenvalue weighted by Gasteiger charge is 2.36. The number of amides is 1. The summed E-state index contributed by atoms with van der Waals surface area (Å²) in [5.41, 5.74) is 0. The zero-order chi connectivity index (χ0) is 21.5. The van der Waals surface area contributed by atoms with Gasteiger partial charge in [-0.25, -0.2) is 17.2 Å². The van der Waals surface area contributed by atoms with Gasteiger partial charge in [0.25, 0.3) is 0 Å². The molecule has 2 atom stereocenters. The summed E-state index contributed by atoms with van der Waals surface area (Å²) in [7, 11) is -4.10. The topological polar surface area (TPSA) is 70.8 Å². The standard InChI is InChI=1S/C21H22F2N2O4S/c1-14-12-17(14)19-5-3-16(29-19)4-7-21(26)24-8-10-25(11-9-24)30(27,28)20-6-2-15(22)13-18(20)23/h2-7,13-14,17H,8-12H2,1H3/b7-4+. The molecule has 1 saturated carbocycles. The molecular weight excluding hydrogens is 414 g/mol. The lowest BCUT2D eigenvalue weighted by molar-refractivity contribution is -0.127. The third kappa shape index (κ3) is 4.17. The summed E-state index contributed by atoms with van der Waals surface area (Å²) in [6, 6.07) is 6.12. The highest BCUT2D eigenvalue weighted by molar-refractivity contribution is 7.89. The zero-order valence-electron chi connectivity index (χ0n) is 16.4. The van der Waals surface area contributed by atoms with Crippen LogP contribution in [0.25, 0.3) is 6.08 Å². The fraction of sp³-hybridized carbons (Fsp3) is 0.381. The van der Waals surface area contributed by atoms with E-state index < -0.39 is 26.6 Å². The summed E-state index contributed by atoms with van der Waals surface area (Å²) in [6.45, 7) is 2.57. The van der Waals surface area contributed by atoms with Gasteiger partial charge >= 0.3 is 0 Å². The van der Waals surface area contributed by atoms with Crippen LogP contribution in [-0.4, -0.2) is 49.7 Å². The van der Waals surface area contributed by atoms with Crippen LogP contribution in [0.4, 0.5) is 8.78 Å². The second-order valence-electron chi connectivity index (χ2n) is 7.70. The summed E-state index contributed by atoms with van der Waals surface area (Å²) >= 11 is 0. The fourth-order valence-corrected chi connectivity index (χ4v) is 5.07. The number of carbonyl (C=O) groups excluding carboxylic acids is 1. The Bertz CT molecular complexity index is 1090. The van der Waals surface area contributed by atoms with Crippen molar-refractivity contribution in [3.8, 4) is 0 Å². The van der Waals surface area contributed by atoms with E-state index in [-0.39, 0.29) is 32.1 Å². The third-order valence-electron chi connectivity index (χ3n) is 5.57. The summed E-state index contributed by atoms with van der Waals surface area (Å²) in [5, 5.41) is 0. The first-order valence-corrected chi connectivity index (χ1v) is 11.2. The first-order valence-electron chi connectivity index (χ1n) is 9.77. The smallest absolute Gasteiger partial charge is 0.246 e. The number of sulfonamides is 1. The number of furan rings is 1. The molecule has 1 saturated heterocycles. The molecule has 0 bridgehead atoms. The van der Waals surface area contributed by atoms with Crippen LogP contribution in [0.3, 0.4) is 0 Å². The number of rotatable bonds is 5. The molecular formula is C21H22F2N2O4S. The monoisotopic (exact) mass is 436 g/mol. The lowest BCUT2D eigenvalue weighted by Gasteiger charge is -2.33. The Balaban J connectivity index is 1.35. The lowest BCUT2D eigenvalue weighted by Crippen LogP contribution is -2.50. The average Bonchev–Trinajstić information content (AvgIpc) is 3.25. The van der Waals surface area contributed by atoms with Gasteiger partial charge in [-0.05, 0) is 42.7 Å². The van der Waals surface area contributed by atoms with Gasteiger partial charge in [0, 0.05) is 44.2 Å². The number of piperazine rings is 1. The molecule has 160 valence electrons. The summed E-state index contributed by atoms with van der Waals surface area (Å²) in [5.74, 6) is 0.401. The number of hydrogen-bond donors (Lipinski definition) is 0. The van der Waals surface area contributed by atoms with Crippen LogP contribution >= 0.6 is 0 Å². The Morgan fingerprint density at radius 1 is 1.13 bits per heavy atom. The molecule has 1 aliphatic heterocycles. The van der Waals surface area contributed by atoms with Gasteiger partial charge in [-0.1, -0.05) is 6.92 Å². The van der Waals surface area contributed by atoms with Crippen LogP contribution < -0.4 is 0 Å². The van der Waals surface area contributed by atoms with E-state index in [1.807, 2.05) is 12.1 Å². The van der Waals surface area contributed by atoms with Gasteiger partial charge in [0.05, 0.1) is 0 Å². The predicted molar refractivity (Wildman–Crippen MR) is 106 cm³/mol. The molecule has 2 aliphatic rings. The largest absolute Gasteiger partial charge is 0.461 e. The van der Waals surface area contributed by atoms with Gasteiger partial charge < -0.3 is 9.32 Å². The molecule has 1 aromatic carbocycles. The predicted octanol–water partition coefficient (Wildman–Crippen LogP) is 3.23. The van der Waals surface area contributed by atoms with Gasteiger partial charge in [0.2, 0.25) is 15.9 Å². The van der Waals surface area contributed by atoms with Crippen molar-refractivity contribution >= 4 is 22.0 Å². The molecule has 0 N–H and O–H groups in total. The van der Waals surface area contributed by atoms with Crippen LogP contribution in [0.15, 0.2) is 45.7 Å². The minimum atomic E-state index is -4.10. The molecule has 2 heterocycles. The van der Waals surface area contributed by atoms with Crippen LogP contribution in [0.2, 0.25) is 0 Å². The molecule has 2 unspecified atom stereocenters. The molecule has 1 amide bonds. The van der Waals surface area contributed by atoms with Crippen molar-refractivity contribution in [2.24, 2.45) is 5.92 Å².